The van der Waals surface area contributed by atoms with Crippen LogP contribution in [0.4, 0.5) is 0 Å². The first-order chi connectivity index (χ1) is 11.6. The lowest BCUT2D eigenvalue weighted by Gasteiger charge is -2.33. The lowest BCUT2D eigenvalue weighted by atomic mass is 9.93. The Morgan fingerprint density at radius 2 is 1.88 bits per heavy atom. The normalized spacial score (nSPS) is 20.1. The molecule has 1 unspecified atom stereocenters. The quantitative estimate of drug-likeness (QED) is 0.942. The van der Waals surface area contributed by atoms with E-state index in [1.807, 2.05) is 39.9 Å². The average Bonchev–Trinajstić information content (AvgIpc) is 3.18. The summed E-state index contributed by atoms with van der Waals surface area (Å²) in [4.78, 5) is 26.9. The highest BCUT2D eigenvalue weighted by molar-refractivity contribution is 5.98. The fraction of sp³-hybridized carbons (Fsp3) is 0.474. The molecule has 1 saturated carbocycles. The van der Waals surface area contributed by atoms with Crippen LogP contribution in [0, 0.1) is 5.41 Å². The molecular formula is C19H23N3O2. The summed E-state index contributed by atoms with van der Waals surface area (Å²) in [6.07, 6.45) is 8.67. The average molecular weight is 325 g/mol. The molecule has 1 N–H and O–H groups in total. The highest BCUT2D eigenvalue weighted by Crippen LogP contribution is 2.53. The number of carbonyl (C=O) groups excluding carboxylic acids is 2. The Morgan fingerprint density at radius 3 is 2.58 bits per heavy atom. The van der Waals surface area contributed by atoms with Crippen molar-refractivity contribution in [3.05, 3.63) is 42.2 Å². The summed E-state index contributed by atoms with van der Waals surface area (Å²) >= 11 is 0. The van der Waals surface area contributed by atoms with E-state index < -0.39 is 6.04 Å². The van der Waals surface area contributed by atoms with E-state index in [0.29, 0.717) is 11.0 Å². The van der Waals surface area contributed by atoms with Gasteiger partial charge in [-0.15, -0.1) is 0 Å². The second kappa shape index (κ2) is 5.65. The third kappa shape index (κ3) is 2.79. The van der Waals surface area contributed by atoms with Crippen LogP contribution in [0.2, 0.25) is 0 Å². The highest BCUT2D eigenvalue weighted by Gasteiger charge is 2.45. The number of pyridine rings is 1. The van der Waals surface area contributed by atoms with Crippen LogP contribution in [0.25, 0.3) is 5.52 Å². The van der Waals surface area contributed by atoms with Crippen molar-refractivity contribution in [1.82, 2.24) is 14.6 Å². The van der Waals surface area contributed by atoms with Crippen molar-refractivity contribution in [3.63, 3.8) is 0 Å². The van der Waals surface area contributed by atoms with E-state index in [-0.39, 0.29) is 11.8 Å². The van der Waals surface area contributed by atoms with E-state index >= 15 is 0 Å². The second-order valence-corrected chi connectivity index (χ2v) is 7.28. The summed E-state index contributed by atoms with van der Waals surface area (Å²) in [6, 6.07) is 7.01. The maximum Gasteiger partial charge on any atom is 0.252 e. The number of rotatable bonds is 3. The molecule has 4 rings (SSSR count). The maximum atomic E-state index is 12.6. The number of amides is 2. The van der Waals surface area contributed by atoms with E-state index in [4.69, 9.17) is 0 Å². The van der Waals surface area contributed by atoms with E-state index in [1.165, 1.54) is 12.8 Å². The summed E-state index contributed by atoms with van der Waals surface area (Å²) in [7, 11) is 0. The van der Waals surface area contributed by atoms with Crippen molar-refractivity contribution < 1.29 is 9.59 Å². The summed E-state index contributed by atoms with van der Waals surface area (Å²) in [5, 5.41) is 2.85. The zero-order valence-corrected chi connectivity index (χ0v) is 14.0. The molecule has 2 aliphatic rings. The SMILES string of the molecule is CC(NC(=O)c1ccn2cccc2c1)C(=O)N1CCC2(CC1)CC2. The highest BCUT2D eigenvalue weighted by atomic mass is 16.2. The molecule has 24 heavy (non-hydrogen) atoms. The predicted molar refractivity (Wildman–Crippen MR) is 91.8 cm³/mol. The molecule has 3 heterocycles. The molecule has 126 valence electrons. The van der Waals surface area contributed by atoms with Gasteiger partial charge in [0.25, 0.3) is 5.91 Å². The lowest BCUT2D eigenvalue weighted by molar-refractivity contribution is -0.134. The number of carbonyl (C=O) groups is 2. The van der Waals surface area contributed by atoms with Gasteiger partial charge in [0.1, 0.15) is 6.04 Å². The Morgan fingerprint density at radius 1 is 1.12 bits per heavy atom. The molecule has 2 amide bonds. The van der Waals surface area contributed by atoms with E-state index in [0.717, 1.165) is 31.4 Å². The zero-order valence-electron chi connectivity index (χ0n) is 14.0. The van der Waals surface area contributed by atoms with Crippen LogP contribution in [0.1, 0.15) is 43.0 Å². The first-order valence-corrected chi connectivity index (χ1v) is 8.73. The van der Waals surface area contributed by atoms with E-state index in [2.05, 4.69) is 5.32 Å². The third-order valence-electron chi connectivity index (χ3n) is 5.60. The Labute approximate surface area is 141 Å². The first kappa shape index (κ1) is 15.2. The number of piperidine rings is 1. The van der Waals surface area contributed by atoms with Crippen LogP contribution in [0.5, 0.6) is 0 Å². The third-order valence-corrected chi connectivity index (χ3v) is 5.60. The first-order valence-electron chi connectivity index (χ1n) is 8.73. The molecule has 5 heteroatoms. The van der Waals surface area contributed by atoms with Gasteiger partial charge in [0.05, 0.1) is 0 Å². The second-order valence-electron chi connectivity index (χ2n) is 7.28. The monoisotopic (exact) mass is 325 g/mol. The van der Waals surface area contributed by atoms with Crippen molar-refractivity contribution in [2.24, 2.45) is 5.41 Å². The molecule has 0 radical (unpaired) electrons. The summed E-state index contributed by atoms with van der Waals surface area (Å²) in [6.45, 7) is 3.43. The van der Waals surface area contributed by atoms with Gasteiger partial charge in [-0.1, -0.05) is 0 Å². The van der Waals surface area contributed by atoms with Crippen molar-refractivity contribution in [3.8, 4) is 0 Å². The smallest absolute Gasteiger partial charge is 0.252 e. The minimum Gasteiger partial charge on any atom is -0.341 e. The van der Waals surface area contributed by atoms with Crippen molar-refractivity contribution in [2.75, 3.05) is 13.1 Å². The molecule has 1 saturated heterocycles. The number of likely N-dealkylation sites (tertiary alicyclic amines) is 1. The molecule has 1 aliphatic heterocycles. The van der Waals surface area contributed by atoms with E-state index in [9.17, 15) is 9.59 Å². The Hall–Kier alpha value is -2.30. The Bertz CT molecular complexity index is 781. The summed E-state index contributed by atoms with van der Waals surface area (Å²) < 4.78 is 1.95. The van der Waals surface area contributed by atoms with Gasteiger partial charge in [-0.3, -0.25) is 9.59 Å². The number of fused-ring (bicyclic) bond motifs is 1. The number of nitrogens with zero attached hydrogens (tertiary/aromatic N) is 2. The molecule has 0 bridgehead atoms. The van der Waals surface area contributed by atoms with Crippen molar-refractivity contribution in [2.45, 2.75) is 38.6 Å². The fourth-order valence-electron chi connectivity index (χ4n) is 3.67. The number of hydrogen-bond donors (Lipinski definition) is 1. The van der Waals surface area contributed by atoms with Crippen LogP contribution >= 0.6 is 0 Å². The van der Waals surface area contributed by atoms with Gasteiger partial charge in [-0.25, -0.2) is 0 Å². The van der Waals surface area contributed by atoms with Gasteiger partial charge < -0.3 is 14.6 Å². The van der Waals surface area contributed by atoms with Crippen molar-refractivity contribution in [1.29, 1.82) is 0 Å². The molecule has 1 aliphatic carbocycles. The zero-order chi connectivity index (χ0) is 16.7. The van der Waals surface area contributed by atoms with Crippen LogP contribution in [-0.4, -0.2) is 40.2 Å². The molecular weight excluding hydrogens is 302 g/mol. The van der Waals surface area contributed by atoms with Gasteiger partial charge >= 0.3 is 0 Å². The lowest BCUT2D eigenvalue weighted by Crippen LogP contribution is -2.49. The van der Waals surface area contributed by atoms with Gasteiger partial charge in [0, 0.05) is 36.6 Å². The minimum absolute atomic E-state index is 0.0302. The van der Waals surface area contributed by atoms with Crippen LogP contribution < -0.4 is 5.32 Å². The molecule has 2 fully saturated rings. The fourth-order valence-corrected chi connectivity index (χ4v) is 3.67. The predicted octanol–water partition coefficient (Wildman–Crippen LogP) is 2.46. The Balaban J connectivity index is 1.38. The Kier molecular flexibility index (Phi) is 3.59. The van der Waals surface area contributed by atoms with Gasteiger partial charge in [-0.05, 0) is 62.3 Å². The molecule has 1 atom stereocenters. The van der Waals surface area contributed by atoms with Crippen LogP contribution in [0.3, 0.4) is 0 Å². The molecule has 5 nitrogen and oxygen atoms in total. The maximum absolute atomic E-state index is 12.6. The van der Waals surface area contributed by atoms with Crippen LogP contribution in [-0.2, 0) is 4.79 Å². The topological polar surface area (TPSA) is 53.8 Å². The van der Waals surface area contributed by atoms with Gasteiger partial charge in [0.2, 0.25) is 5.91 Å². The molecule has 2 aromatic rings. The number of aromatic nitrogens is 1. The summed E-state index contributed by atoms with van der Waals surface area (Å²) in [5.41, 5.74) is 2.10. The molecule has 1 spiro atoms. The largest absolute Gasteiger partial charge is 0.341 e. The molecule has 2 aromatic heterocycles. The van der Waals surface area contributed by atoms with E-state index in [1.54, 1.807) is 13.0 Å². The molecule has 0 aromatic carbocycles. The summed E-state index contributed by atoms with van der Waals surface area (Å²) in [5.74, 6) is -0.169. The number of hydrogen-bond acceptors (Lipinski definition) is 2. The van der Waals surface area contributed by atoms with Gasteiger partial charge in [0.15, 0.2) is 0 Å². The van der Waals surface area contributed by atoms with Crippen LogP contribution in [0.15, 0.2) is 36.7 Å². The number of nitrogens with one attached hydrogen (secondary N) is 1. The van der Waals surface area contributed by atoms with Crippen molar-refractivity contribution >= 4 is 17.3 Å². The minimum atomic E-state index is -0.492. The van der Waals surface area contributed by atoms with Gasteiger partial charge in [-0.2, -0.15) is 0 Å². The standard InChI is InChI=1S/C19H23N3O2/c1-14(18(24)22-11-7-19(5-6-19)8-12-22)20-17(23)15-4-10-21-9-2-3-16(21)13-15/h2-4,9-10,13-14H,5-8,11-12H2,1H3,(H,20,23).